The molecule has 0 bridgehead atoms. The molecule has 4 heteroatoms. The largest absolute Gasteiger partial charge is 0.494 e. The third-order valence-electron chi connectivity index (χ3n) is 4.75. The van der Waals surface area contributed by atoms with Crippen LogP contribution in [0.3, 0.4) is 0 Å². The van der Waals surface area contributed by atoms with Crippen LogP contribution in [-0.4, -0.2) is 42.9 Å². The Morgan fingerprint density at radius 2 is 1.24 bits per heavy atom. The van der Waals surface area contributed by atoms with Crippen LogP contribution in [0.5, 0.6) is 11.5 Å². The molecule has 0 fully saturated rings. The Balaban J connectivity index is 1.62. The molecular formula is C25H29NO3. The summed E-state index contributed by atoms with van der Waals surface area (Å²) in [4.78, 5) is 2.16. The van der Waals surface area contributed by atoms with Crippen LogP contribution in [0, 0.1) is 0 Å². The Hall–Kier alpha value is -2.82. The van der Waals surface area contributed by atoms with Crippen molar-refractivity contribution in [2.75, 3.05) is 26.8 Å². The van der Waals surface area contributed by atoms with E-state index in [0.29, 0.717) is 13.2 Å². The molecule has 0 aromatic heterocycles. The summed E-state index contributed by atoms with van der Waals surface area (Å²) in [5, 5.41) is 10.6. The van der Waals surface area contributed by atoms with Crippen LogP contribution in [-0.2, 0) is 0 Å². The molecule has 0 saturated heterocycles. The van der Waals surface area contributed by atoms with Gasteiger partial charge in [0.2, 0.25) is 0 Å². The lowest BCUT2D eigenvalue weighted by Crippen LogP contribution is -2.36. The molecule has 0 heterocycles. The molecular weight excluding hydrogens is 362 g/mol. The van der Waals surface area contributed by atoms with Crippen molar-refractivity contribution >= 4 is 0 Å². The summed E-state index contributed by atoms with van der Waals surface area (Å²) in [6, 6.07) is 28.2. The van der Waals surface area contributed by atoms with Gasteiger partial charge in [-0.3, -0.25) is 4.90 Å². The Kier molecular flexibility index (Phi) is 7.68. The van der Waals surface area contributed by atoms with Crippen LogP contribution < -0.4 is 9.47 Å². The van der Waals surface area contributed by atoms with Gasteiger partial charge in [0.05, 0.1) is 12.6 Å². The fraction of sp³-hybridized carbons (Fsp3) is 0.280. The fourth-order valence-electron chi connectivity index (χ4n) is 3.45. The van der Waals surface area contributed by atoms with Crippen molar-refractivity contribution in [1.29, 1.82) is 0 Å². The van der Waals surface area contributed by atoms with Crippen LogP contribution in [0.2, 0.25) is 0 Å². The number of aliphatic hydroxyl groups excluding tert-OH is 1. The molecule has 1 unspecified atom stereocenters. The van der Waals surface area contributed by atoms with E-state index in [4.69, 9.17) is 9.47 Å². The SMILES string of the molecule is CCOc1ccc(OCC(O)CN(C)C(c2ccccc2)c2ccccc2)cc1. The third-order valence-corrected chi connectivity index (χ3v) is 4.75. The maximum absolute atomic E-state index is 10.6. The van der Waals surface area contributed by atoms with Crippen molar-refractivity contribution in [3.63, 3.8) is 0 Å². The van der Waals surface area contributed by atoms with E-state index >= 15 is 0 Å². The van der Waals surface area contributed by atoms with Crippen molar-refractivity contribution in [2.45, 2.75) is 19.1 Å². The van der Waals surface area contributed by atoms with E-state index in [0.717, 1.165) is 11.5 Å². The van der Waals surface area contributed by atoms with E-state index in [9.17, 15) is 5.11 Å². The predicted molar refractivity (Wildman–Crippen MR) is 116 cm³/mol. The minimum Gasteiger partial charge on any atom is -0.494 e. The highest BCUT2D eigenvalue weighted by atomic mass is 16.5. The normalized spacial score (nSPS) is 12.2. The second kappa shape index (κ2) is 10.6. The van der Waals surface area contributed by atoms with Gasteiger partial charge in [-0.25, -0.2) is 0 Å². The van der Waals surface area contributed by atoms with Crippen LogP contribution in [0.15, 0.2) is 84.9 Å². The van der Waals surface area contributed by atoms with Crippen LogP contribution in [0.1, 0.15) is 24.1 Å². The minimum absolute atomic E-state index is 0.0672. The summed E-state index contributed by atoms with van der Waals surface area (Å²) in [6.07, 6.45) is -0.610. The van der Waals surface area contributed by atoms with Crippen molar-refractivity contribution < 1.29 is 14.6 Å². The van der Waals surface area contributed by atoms with Gasteiger partial charge in [-0.2, -0.15) is 0 Å². The number of hydrogen-bond donors (Lipinski definition) is 1. The Labute approximate surface area is 173 Å². The van der Waals surface area contributed by atoms with Gasteiger partial charge in [-0.15, -0.1) is 0 Å². The number of nitrogens with zero attached hydrogens (tertiary/aromatic N) is 1. The highest BCUT2D eigenvalue weighted by molar-refractivity contribution is 5.32. The van der Waals surface area contributed by atoms with E-state index in [-0.39, 0.29) is 12.6 Å². The maximum Gasteiger partial charge on any atom is 0.119 e. The Bertz CT molecular complexity index is 797. The average Bonchev–Trinajstić information content (AvgIpc) is 2.75. The van der Waals surface area contributed by atoms with Crippen LogP contribution >= 0.6 is 0 Å². The fourth-order valence-corrected chi connectivity index (χ4v) is 3.45. The summed E-state index contributed by atoms with van der Waals surface area (Å²) < 4.78 is 11.2. The summed E-state index contributed by atoms with van der Waals surface area (Å²) in [5.41, 5.74) is 2.39. The molecule has 3 aromatic carbocycles. The third kappa shape index (κ3) is 6.08. The highest BCUT2D eigenvalue weighted by Crippen LogP contribution is 2.27. The van der Waals surface area contributed by atoms with Gasteiger partial charge in [0.25, 0.3) is 0 Å². The summed E-state index contributed by atoms with van der Waals surface area (Å²) >= 11 is 0. The summed E-state index contributed by atoms with van der Waals surface area (Å²) in [5.74, 6) is 1.53. The quantitative estimate of drug-likeness (QED) is 0.551. The van der Waals surface area contributed by atoms with E-state index in [2.05, 4.69) is 29.2 Å². The Morgan fingerprint density at radius 1 is 0.759 bits per heavy atom. The minimum atomic E-state index is -0.610. The zero-order valence-electron chi connectivity index (χ0n) is 17.1. The van der Waals surface area contributed by atoms with E-state index < -0.39 is 6.10 Å². The summed E-state index contributed by atoms with van der Waals surface area (Å²) in [6.45, 7) is 3.31. The number of benzene rings is 3. The zero-order chi connectivity index (χ0) is 20.5. The predicted octanol–water partition coefficient (Wildman–Crippen LogP) is 4.55. The van der Waals surface area contributed by atoms with Crippen molar-refractivity contribution in [1.82, 2.24) is 4.90 Å². The number of likely N-dealkylation sites (N-methyl/N-ethyl adjacent to an activating group) is 1. The molecule has 0 aliphatic heterocycles. The number of rotatable bonds is 10. The first kappa shape index (κ1) is 20.9. The molecule has 0 amide bonds. The molecule has 0 aliphatic carbocycles. The van der Waals surface area contributed by atoms with Crippen molar-refractivity contribution in [2.24, 2.45) is 0 Å². The standard InChI is InChI=1S/C25H29NO3/c1-3-28-23-14-16-24(17-15-23)29-19-22(27)18-26(2)25(20-10-6-4-7-11-20)21-12-8-5-9-13-21/h4-17,22,25,27H,3,18-19H2,1-2H3. The first-order chi connectivity index (χ1) is 14.2. The monoisotopic (exact) mass is 391 g/mol. The molecule has 152 valence electrons. The molecule has 29 heavy (non-hydrogen) atoms. The van der Waals surface area contributed by atoms with E-state index in [1.807, 2.05) is 74.6 Å². The second-order valence-electron chi connectivity index (χ2n) is 7.03. The molecule has 4 nitrogen and oxygen atoms in total. The van der Waals surface area contributed by atoms with Gasteiger partial charge in [0.1, 0.15) is 24.2 Å². The van der Waals surface area contributed by atoms with Gasteiger partial charge < -0.3 is 14.6 Å². The number of ether oxygens (including phenoxy) is 2. The van der Waals surface area contributed by atoms with Gasteiger partial charge >= 0.3 is 0 Å². The van der Waals surface area contributed by atoms with E-state index in [1.54, 1.807) is 0 Å². The first-order valence-electron chi connectivity index (χ1n) is 10.0. The molecule has 0 saturated carbocycles. The molecule has 3 rings (SSSR count). The molecule has 3 aromatic rings. The van der Waals surface area contributed by atoms with Crippen LogP contribution in [0.25, 0.3) is 0 Å². The summed E-state index contributed by atoms with van der Waals surface area (Å²) in [7, 11) is 2.03. The lowest BCUT2D eigenvalue weighted by atomic mass is 9.97. The molecule has 0 spiro atoms. The molecule has 0 radical (unpaired) electrons. The highest BCUT2D eigenvalue weighted by Gasteiger charge is 2.21. The molecule has 1 N–H and O–H groups in total. The number of aliphatic hydroxyl groups is 1. The van der Waals surface area contributed by atoms with Crippen molar-refractivity contribution in [3.05, 3.63) is 96.1 Å². The topological polar surface area (TPSA) is 41.9 Å². The van der Waals surface area contributed by atoms with Gasteiger partial charge in [0, 0.05) is 6.54 Å². The van der Waals surface area contributed by atoms with Crippen molar-refractivity contribution in [3.8, 4) is 11.5 Å². The zero-order valence-corrected chi connectivity index (χ0v) is 17.1. The lowest BCUT2D eigenvalue weighted by Gasteiger charge is -2.30. The Morgan fingerprint density at radius 3 is 1.72 bits per heavy atom. The average molecular weight is 392 g/mol. The van der Waals surface area contributed by atoms with Gasteiger partial charge in [0.15, 0.2) is 0 Å². The van der Waals surface area contributed by atoms with Crippen LogP contribution in [0.4, 0.5) is 0 Å². The van der Waals surface area contributed by atoms with Gasteiger partial charge in [-0.05, 0) is 49.4 Å². The first-order valence-corrected chi connectivity index (χ1v) is 10.0. The van der Waals surface area contributed by atoms with E-state index in [1.165, 1.54) is 11.1 Å². The molecule has 0 aliphatic rings. The second-order valence-corrected chi connectivity index (χ2v) is 7.03. The maximum atomic E-state index is 10.6. The molecule has 1 atom stereocenters. The lowest BCUT2D eigenvalue weighted by molar-refractivity contribution is 0.0681. The van der Waals surface area contributed by atoms with Gasteiger partial charge in [-0.1, -0.05) is 60.7 Å². The number of hydrogen-bond acceptors (Lipinski definition) is 4. The smallest absolute Gasteiger partial charge is 0.119 e.